The topological polar surface area (TPSA) is 82.6 Å². The van der Waals surface area contributed by atoms with Gasteiger partial charge < -0.3 is 10.2 Å². The molecule has 1 saturated carbocycles. The van der Waals surface area contributed by atoms with Gasteiger partial charge in [0.1, 0.15) is 5.54 Å². The molecule has 1 aromatic heterocycles. The van der Waals surface area contributed by atoms with Crippen molar-refractivity contribution in [2.45, 2.75) is 70.9 Å². The third-order valence-corrected chi connectivity index (χ3v) is 7.07. The first kappa shape index (κ1) is 21.8. The third-order valence-electron chi connectivity index (χ3n) is 7.07. The van der Waals surface area contributed by atoms with E-state index >= 15 is 0 Å². The average molecular weight is 427 g/mol. The zero-order valence-corrected chi connectivity index (χ0v) is 18.7. The van der Waals surface area contributed by atoms with E-state index in [4.69, 9.17) is 0 Å². The summed E-state index contributed by atoms with van der Waals surface area (Å²) in [7, 11) is 0. The van der Waals surface area contributed by atoms with Crippen molar-refractivity contribution in [1.82, 2.24) is 20.1 Å². The summed E-state index contributed by atoms with van der Waals surface area (Å²) in [6.07, 6.45) is 7.68. The van der Waals surface area contributed by atoms with Crippen LogP contribution >= 0.6 is 0 Å². The molecule has 1 atom stereocenters. The smallest absolute Gasteiger partial charge is 0.325 e. The Morgan fingerprint density at radius 3 is 2.55 bits per heavy atom. The minimum Gasteiger partial charge on any atom is -0.343 e. The average Bonchev–Trinajstić information content (AvgIpc) is 3.55. The monoisotopic (exact) mass is 426 g/mol. The molecule has 0 aromatic carbocycles. The van der Waals surface area contributed by atoms with Crippen LogP contribution in [0.5, 0.6) is 0 Å². The molecule has 168 valence electrons. The number of rotatable bonds is 8. The fourth-order valence-electron chi connectivity index (χ4n) is 4.93. The quantitative estimate of drug-likeness (QED) is 0.646. The fourth-order valence-corrected chi connectivity index (χ4v) is 4.93. The second-order valence-corrected chi connectivity index (χ2v) is 9.85. The number of nitrogens with zero attached hydrogens (tertiary/aromatic N) is 3. The maximum absolute atomic E-state index is 13.7. The van der Waals surface area contributed by atoms with Crippen molar-refractivity contribution in [3.05, 3.63) is 30.1 Å². The van der Waals surface area contributed by atoms with Gasteiger partial charge in [0.25, 0.3) is 5.91 Å². The second kappa shape index (κ2) is 8.97. The molecule has 0 bridgehead atoms. The number of carbonyl (C=O) groups excluding carboxylic acids is 3. The molecule has 0 unspecified atom stereocenters. The highest BCUT2D eigenvalue weighted by molar-refractivity contribution is 6.07. The normalized spacial score (nSPS) is 24.7. The molecule has 0 radical (unpaired) electrons. The maximum atomic E-state index is 13.7. The SMILES string of the molecule is CC(C)CC[C@]1(C2CCN(C(=O)CC3CC3)CC2)NC(=O)N(Cc2ccccn2)C1=O. The molecule has 7 nitrogen and oxygen atoms in total. The summed E-state index contributed by atoms with van der Waals surface area (Å²) in [4.78, 5) is 46.6. The highest BCUT2D eigenvalue weighted by Gasteiger charge is 2.55. The lowest BCUT2D eigenvalue weighted by molar-refractivity contribution is -0.136. The van der Waals surface area contributed by atoms with E-state index < -0.39 is 5.54 Å². The molecule has 4 rings (SSSR count). The summed E-state index contributed by atoms with van der Waals surface area (Å²) in [5, 5.41) is 3.11. The highest BCUT2D eigenvalue weighted by Crippen LogP contribution is 2.39. The van der Waals surface area contributed by atoms with Crippen molar-refractivity contribution in [1.29, 1.82) is 0 Å². The summed E-state index contributed by atoms with van der Waals surface area (Å²) in [5.41, 5.74) is -0.173. The molecule has 1 aliphatic carbocycles. The van der Waals surface area contributed by atoms with Crippen LogP contribution in [0.15, 0.2) is 24.4 Å². The Kier molecular flexibility index (Phi) is 6.30. The van der Waals surface area contributed by atoms with Gasteiger partial charge >= 0.3 is 6.03 Å². The Balaban J connectivity index is 1.48. The van der Waals surface area contributed by atoms with Crippen LogP contribution in [0.3, 0.4) is 0 Å². The van der Waals surface area contributed by atoms with Gasteiger partial charge in [-0.1, -0.05) is 19.9 Å². The second-order valence-electron chi connectivity index (χ2n) is 9.85. The first-order valence-corrected chi connectivity index (χ1v) is 11.7. The van der Waals surface area contributed by atoms with E-state index in [9.17, 15) is 14.4 Å². The van der Waals surface area contributed by atoms with Crippen LogP contribution < -0.4 is 5.32 Å². The molecule has 3 heterocycles. The van der Waals surface area contributed by atoms with Gasteiger partial charge in [-0.3, -0.25) is 19.5 Å². The van der Waals surface area contributed by atoms with Gasteiger partial charge in [-0.15, -0.1) is 0 Å². The van der Waals surface area contributed by atoms with Gasteiger partial charge in [0.05, 0.1) is 12.2 Å². The van der Waals surface area contributed by atoms with Crippen molar-refractivity contribution in [2.75, 3.05) is 13.1 Å². The van der Waals surface area contributed by atoms with Crippen LogP contribution in [-0.2, 0) is 16.1 Å². The van der Waals surface area contributed by atoms with Crippen LogP contribution in [0.25, 0.3) is 0 Å². The minimum atomic E-state index is -0.873. The standard InChI is InChI=1S/C24H34N4O3/c1-17(2)8-11-24(19-9-13-27(14-10-19)21(29)15-18-6-7-18)22(30)28(23(31)26-24)16-20-5-3-4-12-25-20/h3-5,12,17-19H,6-11,13-16H2,1-2H3,(H,26,31)/t24-/m1/s1. The molecule has 2 aliphatic heterocycles. The van der Waals surface area contributed by atoms with E-state index in [0.29, 0.717) is 43.5 Å². The summed E-state index contributed by atoms with van der Waals surface area (Å²) >= 11 is 0. The highest BCUT2D eigenvalue weighted by atomic mass is 16.2. The van der Waals surface area contributed by atoms with Crippen LogP contribution in [-0.4, -0.2) is 51.3 Å². The summed E-state index contributed by atoms with van der Waals surface area (Å²) in [5.74, 6) is 1.17. The zero-order chi connectivity index (χ0) is 22.0. The van der Waals surface area contributed by atoms with Gasteiger partial charge in [-0.25, -0.2) is 4.79 Å². The van der Waals surface area contributed by atoms with Crippen molar-refractivity contribution in [3.63, 3.8) is 0 Å². The van der Waals surface area contributed by atoms with Gasteiger partial charge in [-0.2, -0.15) is 0 Å². The predicted octanol–water partition coefficient (Wildman–Crippen LogP) is 3.35. The van der Waals surface area contributed by atoms with Crippen molar-refractivity contribution >= 4 is 17.8 Å². The van der Waals surface area contributed by atoms with Gasteiger partial charge in [-0.05, 0) is 68.4 Å². The summed E-state index contributed by atoms with van der Waals surface area (Å²) in [6.45, 7) is 5.80. The van der Waals surface area contributed by atoms with E-state index in [1.54, 1.807) is 6.20 Å². The molecule has 1 N–H and O–H groups in total. The number of hydrogen-bond acceptors (Lipinski definition) is 4. The lowest BCUT2D eigenvalue weighted by Crippen LogP contribution is -2.56. The van der Waals surface area contributed by atoms with Crippen LogP contribution in [0.1, 0.15) is 64.5 Å². The number of amides is 4. The van der Waals surface area contributed by atoms with Crippen molar-refractivity contribution in [2.24, 2.45) is 17.8 Å². The summed E-state index contributed by atoms with van der Waals surface area (Å²) in [6, 6.07) is 5.19. The maximum Gasteiger partial charge on any atom is 0.325 e. The van der Waals surface area contributed by atoms with E-state index in [1.165, 1.54) is 17.7 Å². The van der Waals surface area contributed by atoms with Gasteiger partial charge in [0, 0.05) is 25.7 Å². The first-order valence-electron chi connectivity index (χ1n) is 11.7. The number of likely N-dealkylation sites (tertiary alicyclic amines) is 1. The van der Waals surface area contributed by atoms with Crippen LogP contribution in [0.2, 0.25) is 0 Å². The molecule has 7 heteroatoms. The Bertz CT molecular complexity index is 815. The van der Waals surface area contributed by atoms with Crippen molar-refractivity contribution in [3.8, 4) is 0 Å². The third kappa shape index (κ3) is 4.75. The Labute approximate surface area is 184 Å². The number of pyridine rings is 1. The lowest BCUT2D eigenvalue weighted by atomic mass is 9.73. The molecular formula is C24H34N4O3. The summed E-state index contributed by atoms with van der Waals surface area (Å²) < 4.78 is 0. The molecule has 0 spiro atoms. The number of hydrogen-bond donors (Lipinski definition) is 1. The molecule has 31 heavy (non-hydrogen) atoms. The van der Waals surface area contributed by atoms with E-state index in [1.807, 2.05) is 23.1 Å². The zero-order valence-electron chi connectivity index (χ0n) is 18.7. The fraction of sp³-hybridized carbons (Fsp3) is 0.667. The Hall–Kier alpha value is -2.44. The molecule has 2 saturated heterocycles. The van der Waals surface area contributed by atoms with Crippen LogP contribution in [0, 0.1) is 17.8 Å². The molecule has 3 aliphatic rings. The number of nitrogens with one attached hydrogen (secondary N) is 1. The minimum absolute atomic E-state index is 0.0430. The number of carbonyl (C=O) groups is 3. The van der Waals surface area contributed by atoms with Gasteiger partial charge in [0.15, 0.2) is 0 Å². The Morgan fingerprint density at radius 1 is 1.19 bits per heavy atom. The molecule has 4 amide bonds. The van der Waals surface area contributed by atoms with Crippen LogP contribution in [0.4, 0.5) is 4.79 Å². The van der Waals surface area contributed by atoms with E-state index in [0.717, 1.165) is 19.3 Å². The number of aromatic nitrogens is 1. The largest absolute Gasteiger partial charge is 0.343 e. The number of imide groups is 1. The molecule has 1 aromatic rings. The molecular weight excluding hydrogens is 392 g/mol. The lowest BCUT2D eigenvalue weighted by Gasteiger charge is -2.41. The number of piperidine rings is 1. The Morgan fingerprint density at radius 2 is 1.94 bits per heavy atom. The predicted molar refractivity (Wildman–Crippen MR) is 117 cm³/mol. The van der Waals surface area contributed by atoms with Crippen molar-refractivity contribution < 1.29 is 14.4 Å². The van der Waals surface area contributed by atoms with Gasteiger partial charge in [0.2, 0.25) is 5.91 Å². The van der Waals surface area contributed by atoms with E-state index in [-0.39, 0.29) is 30.3 Å². The molecule has 3 fully saturated rings. The number of urea groups is 1. The van der Waals surface area contributed by atoms with E-state index in [2.05, 4.69) is 24.1 Å². The first-order chi connectivity index (χ1) is 14.9.